The number of halogens is 1. The third-order valence-corrected chi connectivity index (χ3v) is 6.68. The summed E-state index contributed by atoms with van der Waals surface area (Å²) in [6, 6.07) is 19.8. The number of hydrogen-bond donors (Lipinski definition) is 3. The minimum atomic E-state index is -1.09. The number of amides is 2. The smallest absolute Gasteiger partial charge is 0.411 e. The first-order valence-electron chi connectivity index (χ1n) is 11.3. The fourth-order valence-corrected chi connectivity index (χ4v) is 4.64. The minimum absolute atomic E-state index is 0.0692. The fraction of sp³-hybridized carbons (Fsp3) is 0.222. The van der Waals surface area contributed by atoms with Crippen molar-refractivity contribution < 1.29 is 24.2 Å². The minimum Gasteiger partial charge on any atom is -0.480 e. The summed E-state index contributed by atoms with van der Waals surface area (Å²) in [5.41, 5.74) is 5.08. The number of carbonyl (C=O) groups excluding carboxylic acids is 2. The zero-order chi connectivity index (χ0) is 24.9. The molecule has 2 amide bonds. The van der Waals surface area contributed by atoms with E-state index in [9.17, 15) is 19.5 Å². The Kier molecular flexibility index (Phi) is 7.51. The molecule has 0 saturated carbocycles. The van der Waals surface area contributed by atoms with Crippen LogP contribution < -0.4 is 10.6 Å². The molecule has 3 aromatic carbocycles. The van der Waals surface area contributed by atoms with Crippen molar-refractivity contribution in [1.29, 1.82) is 0 Å². The second-order valence-electron chi connectivity index (χ2n) is 8.30. The standard InChI is InChI=1S/C27H25BrN2O5/c1-2-7-23(26(32)33)29-25(31)16-12-13-22(28)24(14-16)30-27(34)35-15-21-19-10-5-3-8-17(19)18-9-4-6-11-20(18)21/h3-6,8-14,21,23H,2,7,15H2,1H3,(H,29,31)(H,30,34)(H,32,33)/t23-/m1/s1. The summed E-state index contributed by atoms with van der Waals surface area (Å²) in [7, 11) is 0. The average Bonchev–Trinajstić information content (AvgIpc) is 3.17. The highest BCUT2D eigenvalue weighted by Gasteiger charge is 2.29. The summed E-state index contributed by atoms with van der Waals surface area (Å²) in [5, 5.41) is 14.5. The third kappa shape index (κ3) is 5.38. The van der Waals surface area contributed by atoms with Gasteiger partial charge < -0.3 is 15.2 Å². The summed E-state index contributed by atoms with van der Waals surface area (Å²) in [6.07, 6.45) is 0.286. The van der Waals surface area contributed by atoms with Crippen molar-refractivity contribution in [3.05, 3.63) is 87.9 Å². The van der Waals surface area contributed by atoms with E-state index < -0.39 is 24.0 Å². The lowest BCUT2D eigenvalue weighted by Crippen LogP contribution is -2.40. The van der Waals surface area contributed by atoms with Crippen LogP contribution in [0.15, 0.2) is 71.2 Å². The van der Waals surface area contributed by atoms with E-state index in [2.05, 4.69) is 38.7 Å². The quantitative estimate of drug-likeness (QED) is 0.337. The molecule has 0 aromatic heterocycles. The number of carboxylic acid groups (broad SMARTS) is 1. The highest BCUT2D eigenvalue weighted by molar-refractivity contribution is 9.10. The van der Waals surface area contributed by atoms with Gasteiger partial charge in [0.2, 0.25) is 0 Å². The Morgan fingerprint density at radius 3 is 2.23 bits per heavy atom. The van der Waals surface area contributed by atoms with Crippen molar-refractivity contribution in [3.63, 3.8) is 0 Å². The number of ether oxygens (including phenoxy) is 1. The number of carboxylic acids is 1. The van der Waals surface area contributed by atoms with Crippen molar-refractivity contribution in [3.8, 4) is 11.1 Å². The van der Waals surface area contributed by atoms with Gasteiger partial charge in [0.25, 0.3) is 5.91 Å². The lowest BCUT2D eigenvalue weighted by atomic mass is 9.98. The molecule has 8 heteroatoms. The van der Waals surface area contributed by atoms with Gasteiger partial charge in [-0.2, -0.15) is 0 Å². The van der Waals surface area contributed by atoms with Crippen LogP contribution in [0.3, 0.4) is 0 Å². The predicted octanol–water partition coefficient (Wildman–Crippen LogP) is 5.79. The van der Waals surface area contributed by atoms with Crippen LogP contribution in [0.2, 0.25) is 0 Å². The SMILES string of the molecule is CCC[C@@H](NC(=O)c1ccc(Br)c(NC(=O)OCC2c3ccccc3-c3ccccc32)c1)C(=O)O. The van der Waals surface area contributed by atoms with Crippen LogP contribution in [0.25, 0.3) is 11.1 Å². The topological polar surface area (TPSA) is 105 Å². The average molecular weight is 537 g/mol. The number of rotatable bonds is 8. The van der Waals surface area contributed by atoms with Crippen molar-refractivity contribution in [2.24, 2.45) is 0 Å². The van der Waals surface area contributed by atoms with Crippen LogP contribution in [-0.2, 0) is 9.53 Å². The Morgan fingerprint density at radius 1 is 1.00 bits per heavy atom. The maximum atomic E-state index is 12.6. The van der Waals surface area contributed by atoms with E-state index in [1.807, 2.05) is 43.3 Å². The van der Waals surface area contributed by atoms with Gasteiger partial charge in [0, 0.05) is 16.0 Å². The Hall–Kier alpha value is -3.65. The fourth-order valence-electron chi connectivity index (χ4n) is 4.29. The molecule has 1 atom stereocenters. The molecule has 0 saturated heterocycles. The Morgan fingerprint density at radius 2 is 1.63 bits per heavy atom. The molecule has 7 nitrogen and oxygen atoms in total. The van der Waals surface area contributed by atoms with Crippen molar-refractivity contribution >= 4 is 39.6 Å². The van der Waals surface area contributed by atoms with Gasteiger partial charge in [0.1, 0.15) is 12.6 Å². The van der Waals surface area contributed by atoms with E-state index in [1.54, 1.807) is 12.1 Å². The van der Waals surface area contributed by atoms with Crippen LogP contribution in [0.1, 0.15) is 47.2 Å². The van der Waals surface area contributed by atoms with Gasteiger partial charge in [-0.1, -0.05) is 61.9 Å². The third-order valence-electron chi connectivity index (χ3n) is 5.99. The summed E-state index contributed by atoms with van der Waals surface area (Å²) >= 11 is 3.37. The van der Waals surface area contributed by atoms with E-state index in [0.29, 0.717) is 23.0 Å². The number of carbonyl (C=O) groups is 3. The summed E-state index contributed by atoms with van der Waals surface area (Å²) < 4.78 is 6.14. The second kappa shape index (κ2) is 10.7. The molecule has 35 heavy (non-hydrogen) atoms. The molecule has 0 radical (unpaired) electrons. The molecule has 1 aliphatic rings. The van der Waals surface area contributed by atoms with Crippen LogP contribution in [0, 0.1) is 0 Å². The zero-order valence-electron chi connectivity index (χ0n) is 19.1. The van der Waals surface area contributed by atoms with Crippen LogP contribution in [0.5, 0.6) is 0 Å². The van der Waals surface area contributed by atoms with Gasteiger partial charge in [-0.3, -0.25) is 10.1 Å². The van der Waals surface area contributed by atoms with Gasteiger partial charge in [-0.15, -0.1) is 0 Å². The number of hydrogen-bond acceptors (Lipinski definition) is 4. The van der Waals surface area contributed by atoms with Gasteiger partial charge in [0.05, 0.1) is 5.69 Å². The Labute approximate surface area is 211 Å². The summed E-state index contributed by atoms with van der Waals surface area (Å²) in [5.74, 6) is -1.69. The normalized spacial score (nSPS) is 12.9. The van der Waals surface area contributed by atoms with Crippen molar-refractivity contribution in [1.82, 2.24) is 5.32 Å². The maximum Gasteiger partial charge on any atom is 0.411 e. The number of benzene rings is 3. The highest BCUT2D eigenvalue weighted by atomic mass is 79.9. The molecule has 3 N–H and O–H groups in total. The van der Waals surface area contributed by atoms with Gasteiger partial charge in [0.15, 0.2) is 0 Å². The molecule has 0 heterocycles. The molecule has 0 fully saturated rings. The molecule has 180 valence electrons. The van der Waals surface area contributed by atoms with Crippen molar-refractivity contribution in [2.45, 2.75) is 31.7 Å². The van der Waals surface area contributed by atoms with E-state index in [0.717, 1.165) is 22.3 Å². The zero-order valence-corrected chi connectivity index (χ0v) is 20.7. The lowest BCUT2D eigenvalue weighted by Gasteiger charge is -2.16. The number of aliphatic carboxylic acids is 1. The Bertz CT molecular complexity index is 1230. The second-order valence-corrected chi connectivity index (χ2v) is 9.15. The molecule has 0 bridgehead atoms. The number of nitrogens with one attached hydrogen (secondary N) is 2. The van der Waals surface area contributed by atoms with Gasteiger partial charge in [-0.25, -0.2) is 9.59 Å². The first-order chi connectivity index (χ1) is 16.9. The van der Waals surface area contributed by atoms with E-state index >= 15 is 0 Å². The molecule has 0 aliphatic heterocycles. The monoisotopic (exact) mass is 536 g/mol. The van der Waals surface area contributed by atoms with E-state index in [1.165, 1.54) is 6.07 Å². The first-order valence-corrected chi connectivity index (χ1v) is 12.1. The molecule has 3 aromatic rings. The largest absolute Gasteiger partial charge is 0.480 e. The van der Waals surface area contributed by atoms with E-state index in [-0.39, 0.29) is 18.1 Å². The van der Waals surface area contributed by atoms with Crippen molar-refractivity contribution in [2.75, 3.05) is 11.9 Å². The molecule has 1 aliphatic carbocycles. The maximum absolute atomic E-state index is 12.6. The Balaban J connectivity index is 1.43. The molecule has 0 spiro atoms. The number of anilines is 1. The van der Waals surface area contributed by atoms with Crippen LogP contribution in [0.4, 0.5) is 10.5 Å². The lowest BCUT2D eigenvalue weighted by molar-refractivity contribution is -0.139. The summed E-state index contributed by atoms with van der Waals surface area (Å²) in [4.78, 5) is 36.6. The van der Waals surface area contributed by atoms with Gasteiger partial charge >= 0.3 is 12.1 Å². The molecular weight excluding hydrogens is 512 g/mol. The predicted molar refractivity (Wildman–Crippen MR) is 137 cm³/mol. The van der Waals surface area contributed by atoms with Crippen LogP contribution >= 0.6 is 15.9 Å². The number of fused-ring (bicyclic) bond motifs is 3. The van der Waals surface area contributed by atoms with Gasteiger partial charge in [-0.05, 0) is 62.8 Å². The molecular formula is C27H25BrN2O5. The summed E-state index contributed by atoms with van der Waals surface area (Å²) in [6.45, 7) is 2.01. The molecule has 4 rings (SSSR count). The highest BCUT2D eigenvalue weighted by Crippen LogP contribution is 2.44. The van der Waals surface area contributed by atoms with Crippen LogP contribution in [-0.4, -0.2) is 35.7 Å². The van der Waals surface area contributed by atoms with E-state index in [4.69, 9.17) is 4.74 Å². The molecule has 0 unspecified atom stereocenters. The first kappa shape index (κ1) is 24.5.